The molecule has 1 amide bonds. The maximum absolute atomic E-state index is 12.4. The summed E-state index contributed by atoms with van der Waals surface area (Å²) >= 11 is 0. The van der Waals surface area contributed by atoms with Gasteiger partial charge in [0.1, 0.15) is 0 Å². The number of hydrogen-bond acceptors (Lipinski definition) is 3. The normalized spacial score (nSPS) is 11.3. The van der Waals surface area contributed by atoms with E-state index in [-0.39, 0.29) is 5.91 Å². The van der Waals surface area contributed by atoms with Crippen molar-refractivity contribution in [2.24, 2.45) is 5.10 Å². The van der Waals surface area contributed by atoms with Gasteiger partial charge in [-0.15, -0.1) is 0 Å². The van der Waals surface area contributed by atoms with Crippen molar-refractivity contribution in [1.29, 1.82) is 0 Å². The van der Waals surface area contributed by atoms with Crippen molar-refractivity contribution < 1.29 is 4.79 Å². The molecule has 0 aliphatic rings. The number of hydrazone groups is 1. The molecule has 4 aromatic rings. The number of rotatable bonds is 3. The van der Waals surface area contributed by atoms with Gasteiger partial charge in [-0.1, -0.05) is 48.5 Å². The highest BCUT2D eigenvalue weighted by molar-refractivity contribution is 6.13. The summed E-state index contributed by atoms with van der Waals surface area (Å²) in [4.78, 5) is 19.9. The van der Waals surface area contributed by atoms with Gasteiger partial charge in [-0.05, 0) is 17.7 Å². The first-order valence-corrected chi connectivity index (χ1v) is 7.57. The largest absolute Gasteiger partial charge is 0.353 e. The molecule has 5 nitrogen and oxygen atoms in total. The van der Waals surface area contributed by atoms with E-state index in [0.29, 0.717) is 11.2 Å². The first kappa shape index (κ1) is 14.1. The molecular weight excluding hydrogens is 300 g/mol. The second-order valence-corrected chi connectivity index (χ2v) is 5.36. The molecule has 0 saturated carbocycles. The van der Waals surface area contributed by atoms with Crippen LogP contribution in [-0.2, 0) is 0 Å². The second-order valence-electron chi connectivity index (χ2n) is 5.36. The Morgan fingerprint density at radius 1 is 1.00 bits per heavy atom. The van der Waals surface area contributed by atoms with Crippen LogP contribution in [0.5, 0.6) is 0 Å². The van der Waals surface area contributed by atoms with Crippen LogP contribution in [0.15, 0.2) is 72.0 Å². The molecule has 116 valence electrons. The fourth-order valence-electron chi connectivity index (χ4n) is 2.70. The average molecular weight is 314 g/mol. The summed E-state index contributed by atoms with van der Waals surface area (Å²) in [6, 6.07) is 19.4. The number of aromatic amines is 1. The molecule has 0 spiro atoms. The Labute approximate surface area is 138 Å². The Bertz CT molecular complexity index is 1050. The number of nitrogens with zero attached hydrogens (tertiary/aromatic N) is 2. The number of hydrogen-bond donors (Lipinski definition) is 2. The summed E-state index contributed by atoms with van der Waals surface area (Å²) in [6.07, 6.45) is 3.24. The minimum absolute atomic E-state index is 0.328. The number of pyridine rings is 1. The van der Waals surface area contributed by atoms with Crippen LogP contribution in [0.2, 0.25) is 0 Å². The van der Waals surface area contributed by atoms with Crippen molar-refractivity contribution in [3.8, 4) is 0 Å². The predicted molar refractivity (Wildman–Crippen MR) is 95.1 cm³/mol. The van der Waals surface area contributed by atoms with Gasteiger partial charge in [-0.2, -0.15) is 5.10 Å². The molecule has 0 fully saturated rings. The number of para-hydroxylation sites is 1. The number of aromatic nitrogens is 2. The molecule has 0 atom stereocenters. The molecular formula is C19H14N4O. The molecule has 2 aromatic carbocycles. The molecule has 5 heteroatoms. The van der Waals surface area contributed by atoms with Crippen LogP contribution in [0.3, 0.4) is 0 Å². The van der Waals surface area contributed by atoms with Crippen molar-refractivity contribution >= 4 is 33.9 Å². The molecule has 0 saturated heterocycles. The molecule has 4 rings (SSSR count). The van der Waals surface area contributed by atoms with Crippen LogP contribution < -0.4 is 5.43 Å². The van der Waals surface area contributed by atoms with Gasteiger partial charge in [0, 0.05) is 22.5 Å². The van der Waals surface area contributed by atoms with Crippen LogP contribution in [0.1, 0.15) is 16.1 Å². The van der Waals surface area contributed by atoms with Gasteiger partial charge in [0.15, 0.2) is 5.69 Å². The number of fused-ring (bicyclic) bond motifs is 3. The fraction of sp³-hybridized carbons (Fsp3) is 0. The van der Waals surface area contributed by atoms with Crippen molar-refractivity contribution in [1.82, 2.24) is 15.4 Å². The molecule has 0 aliphatic carbocycles. The van der Waals surface area contributed by atoms with Gasteiger partial charge in [0.2, 0.25) is 0 Å². The molecule has 2 heterocycles. The minimum Gasteiger partial charge on any atom is -0.353 e. The van der Waals surface area contributed by atoms with Crippen LogP contribution >= 0.6 is 0 Å². The topological polar surface area (TPSA) is 70.1 Å². The predicted octanol–water partition coefficient (Wildman–Crippen LogP) is 3.48. The third kappa shape index (κ3) is 2.52. The van der Waals surface area contributed by atoms with Crippen molar-refractivity contribution in [3.05, 3.63) is 78.1 Å². The van der Waals surface area contributed by atoms with E-state index in [4.69, 9.17) is 0 Å². The lowest BCUT2D eigenvalue weighted by molar-refractivity contribution is 0.0952. The Balaban J connectivity index is 1.66. The van der Waals surface area contributed by atoms with E-state index in [1.54, 1.807) is 12.4 Å². The van der Waals surface area contributed by atoms with Crippen molar-refractivity contribution in [2.45, 2.75) is 0 Å². The zero-order chi connectivity index (χ0) is 16.4. The highest BCUT2D eigenvalue weighted by atomic mass is 16.2. The molecule has 0 radical (unpaired) electrons. The lowest BCUT2D eigenvalue weighted by Crippen LogP contribution is -2.19. The summed E-state index contributed by atoms with van der Waals surface area (Å²) < 4.78 is 0. The zero-order valence-corrected chi connectivity index (χ0v) is 12.7. The summed E-state index contributed by atoms with van der Waals surface area (Å²) in [5.41, 5.74) is 5.46. The second kappa shape index (κ2) is 5.96. The van der Waals surface area contributed by atoms with Gasteiger partial charge >= 0.3 is 0 Å². The first-order chi connectivity index (χ1) is 11.8. The maximum atomic E-state index is 12.4. The SMILES string of the molecule is O=C(NN=Cc1ccccc1)c1nccc2c1[nH]c1ccccc12. The van der Waals surface area contributed by atoms with E-state index in [0.717, 1.165) is 21.9 Å². The number of H-pyrrole nitrogens is 1. The van der Waals surface area contributed by atoms with E-state index in [2.05, 4.69) is 20.5 Å². The Morgan fingerprint density at radius 2 is 1.79 bits per heavy atom. The molecule has 0 unspecified atom stereocenters. The molecule has 24 heavy (non-hydrogen) atoms. The van der Waals surface area contributed by atoms with Gasteiger partial charge in [0.25, 0.3) is 5.91 Å². The third-order valence-electron chi connectivity index (χ3n) is 3.82. The van der Waals surface area contributed by atoms with Crippen molar-refractivity contribution in [2.75, 3.05) is 0 Å². The van der Waals surface area contributed by atoms with Gasteiger partial charge in [0.05, 0.1) is 11.7 Å². The monoisotopic (exact) mass is 314 g/mol. The van der Waals surface area contributed by atoms with Crippen molar-refractivity contribution in [3.63, 3.8) is 0 Å². The highest BCUT2D eigenvalue weighted by Gasteiger charge is 2.14. The van der Waals surface area contributed by atoms with E-state index < -0.39 is 0 Å². The quantitative estimate of drug-likeness (QED) is 0.449. The summed E-state index contributed by atoms with van der Waals surface area (Å²) in [6.45, 7) is 0. The Morgan fingerprint density at radius 3 is 2.67 bits per heavy atom. The lowest BCUT2D eigenvalue weighted by Gasteiger charge is -2.00. The lowest BCUT2D eigenvalue weighted by atomic mass is 10.1. The smallest absolute Gasteiger partial charge is 0.292 e. The van der Waals surface area contributed by atoms with Crippen LogP contribution in [0, 0.1) is 0 Å². The minimum atomic E-state index is -0.348. The summed E-state index contributed by atoms with van der Waals surface area (Å²) in [5, 5.41) is 6.04. The van der Waals surface area contributed by atoms with Crippen LogP contribution in [0.4, 0.5) is 0 Å². The van der Waals surface area contributed by atoms with E-state index in [1.165, 1.54) is 0 Å². The first-order valence-electron chi connectivity index (χ1n) is 7.57. The highest BCUT2D eigenvalue weighted by Crippen LogP contribution is 2.26. The van der Waals surface area contributed by atoms with Crippen LogP contribution in [-0.4, -0.2) is 22.1 Å². The van der Waals surface area contributed by atoms with E-state index in [9.17, 15) is 4.79 Å². The van der Waals surface area contributed by atoms with Gasteiger partial charge in [-0.3, -0.25) is 4.79 Å². The number of nitrogens with one attached hydrogen (secondary N) is 2. The Kier molecular flexibility index (Phi) is 3.51. The number of benzene rings is 2. The zero-order valence-electron chi connectivity index (χ0n) is 12.7. The fourth-order valence-corrected chi connectivity index (χ4v) is 2.70. The van der Waals surface area contributed by atoms with E-state index >= 15 is 0 Å². The molecule has 2 N–H and O–H groups in total. The molecule has 0 aliphatic heterocycles. The maximum Gasteiger partial charge on any atom is 0.292 e. The number of carbonyl (C=O) groups excluding carboxylic acids is 1. The van der Waals surface area contributed by atoms with Crippen LogP contribution in [0.25, 0.3) is 21.8 Å². The van der Waals surface area contributed by atoms with Gasteiger partial charge < -0.3 is 4.98 Å². The third-order valence-corrected chi connectivity index (χ3v) is 3.82. The summed E-state index contributed by atoms with van der Waals surface area (Å²) in [7, 11) is 0. The van der Waals surface area contributed by atoms with E-state index in [1.807, 2.05) is 60.7 Å². The standard InChI is InChI=1S/C19H14N4O/c24-19(23-21-12-13-6-2-1-3-7-13)18-17-15(10-11-20-18)14-8-4-5-9-16(14)22-17/h1-12,22H,(H,23,24). The summed E-state index contributed by atoms with van der Waals surface area (Å²) in [5.74, 6) is -0.348. The average Bonchev–Trinajstić information content (AvgIpc) is 3.01. The Hall–Kier alpha value is -3.47. The number of carbonyl (C=O) groups is 1. The van der Waals surface area contributed by atoms with Gasteiger partial charge in [-0.25, -0.2) is 10.4 Å². The number of amides is 1. The molecule has 0 bridgehead atoms. The molecule has 2 aromatic heterocycles.